The molecule has 0 aliphatic carbocycles. The lowest BCUT2D eigenvalue weighted by Crippen LogP contribution is -1.97. The fraction of sp³-hybridized carbons (Fsp3) is 0.250. The molecular formula is C12H12ClFN2O2. The molecule has 1 N–H and O–H groups in total. The van der Waals surface area contributed by atoms with Crippen LogP contribution in [0.4, 0.5) is 4.39 Å². The minimum absolute atomic E-state index is 0.0167. The Morgan fingerprint density at radius 3 is 2.83 bits per heavy atom. The fourth-order valence-electron chi connectivity index (χ4n) is 1.64. The van der Waals surface area contributed by atoms with Crippen LogP contribution in [0.25, 0.3) is 0 Å². The van der Waals surface area contributed by atoms with Crippen molar-refractivity contribution in [3.8, 4) is 11.6 Å². The van der Waals surface area contributed by atoms with E-state index in [0.29, 0.717) is 22.9 Å². The van der Waals surface area contributed by atoms with Gasteiger partial charge in [0.05, 0.1) is 22.9 Å². The van der Waals surface area contributed by atoms with Gasteiger partial charge in [-0.05, 0) is 19.1 Å². The van der Waals surface area contributed by atoms with E-state index in [1.165, 1.54) is 22.9 Å². The highest BCUT2D eigenvalue weighted by atomic mass is 35.5. The van der Waals surface area contributed by atoms with Crippen molar-refractivity contribution in [3.63, 3.8) is 0 Å². The normalized spacial score (nSPS) is 10.7. The van der Waals surface area contributed by atoms with Gasteiger partial charge in [-0.3, -0.25) is 0 Å². The molecule has 0 fully saturated rings. The number of aliphatic hydroxyl groups is 1. The molecular weight excluding hydrogens is 259 g/mol. The highest BCUT2D eigenvalue weighted by Crippen LogP contribution is 2.29. The van der Waals surface area contributed by atoms with Crippen LogP contribution >= 0.6 is 11.6 Å². The second-order valence-electron chi connectivity index (χ2n) is 3.83. The number of aromatic nitrogens is 2. The minimum Gasteiger partial charge on any atom is -0.439 e. The van der Waals surface area contributed by atoms with E-state index in [9.17, 15) is 9.50 Å². The lowest BCUT2D eigenvalue weighted by atomic mass is 10.2. The average molecular weight is 271 g/mol. The Morgan fingerprint density at radius 1 is 1.50 bits per heavy atom. The van der Waals surface area contributed by atoms with E-state index in [2.05, 4.69) is 5.10 Å². The third-order valence-corrected chi connectivity index (χ3v) is 2.84. The summed E-state index contributed by atoms with van der Waals surface area (Å²) in [6, 6.07) is 4.06. The molecule has 0 atom stereocenters. The number of aliphatic hydroxyl groups excluding tert-OH is 1. The largest absolute Gasteiger partial charge is 0.439 e. The van der Waals surface area contributed by atoms with Gasteiger partial charge in [0.2, 0.25) is 5.88 Å². The van der Waals surface area contributed by atoms with E-state index in [4.69, 9.17) is 16.3 Å². The summed E-state index contributed by atoms with van der Waals surface area (Å²) in [4.78, 5) is 0. The van der Waals surface area contributed by atoms with Gasteiger partial charge in [0.1, 0.15) is 11.6 Å². The second-order valence-corrected chi connectivity index (χ2v) is 4.24. The van der Waals surface area contributed by atoms with Crippen LogP contribution in [0, 0.1) is 12.7 Å². The maximum absolute atomic E-state index is 13.0. The average Bonchev–Trinajstić information content (AvgIpc) is 2.58. The first-order chi connectivity index (χ1) is 8.52. The molecule has 2 aromatic rings. The summed E-state index contributed by atoms with van der Waals surface area (Å²) in [5.41, 5.74) is 1.28. The lowest BCUT2D eigenvalue weighted by molar-refractivity contribution is 0.274. The van der Waals surface area contributed by atoms with Crippen LogP contribution in [0.1, 0.15) is 11.3 Å². The number of rotatable bonds is 3. The van der Waals surface area contributed by atoms with Crippen molar-refractivity contribution in [2.75, 3.05) is 0 Å². The first kappa shape index (κ1) is 12.9. The lowest BCUT2D eigenvalue weighted by Gasteiger charge is -2.08. The second kappa shape index (κ2) is 4.96. The monoisotopic (exact) mass is 270 g/mol. The fourth-order valence-corrected chi connectivity index (χ4v) is 1.81. The maximum Gasteiger partial charge on any atom is 0.223 e. The summed E-state index contributed by atoms with van der Waals surface area (Å²) < 4.78 is 20.1. The summed E-state index contributed by atoms with van der Waals surface area (Å²) in [6.45, 7) is 1.60. The van der Waals surface area contributed by atoms with Gasteiger partial charge in [-0.2, -0.15) is 5.10 Å². The van der Waals surface area contributed by atoms with Crippen molar-refractivity contribution in [3.05, 3.63) is 40.3 Å². The Labute approximate surface area is 109 Å². The Kier molecular flexibility index (Phi) is 3.54. The Hall–Kier alpha value is -1.59. The number of hydrogen-bond acceptors (Lipinski definition) is 3. The van der Waals surface area contributed by atoms with E-state index in [-0.39, 0.29) is 11.6 Å². The van der Waals surface area contributed by atoms with Crippen molar-refractivity contribution >= 4 is 11.6 Å². The Bertz CT molecular complexity index is 584. The van der Waals surface area contributed by atoms with Gasteiger partial charge in [0.25, 0.3) is 0 Å². The van der Waals surface area contributed by atoms with Gasteiger partial charge in [-0.1, -0.05) is 11.6 Å². The number of nitrogens with zero attached hydrogens (tertiary/aromatic N) is 2. The first-order valence-corrected chi connectivity index (χ1v) is 5.67. The number of benzene rings is 1. The quantitative estimate of drug-likeness (QED) is 0.933. The maximum atomic E-state index is 13.0. The van der Waals surface area contributed by atoms with E-state index in [1.54, 1.807) is 14.0 Å². The van der Waals surface area contributed by atoms with Gasteiger partial charge in [-0.25, -0.2) is 9.07 Å². The molecule has 6 heteroatoms. The standard InChI is InChI=1S/C12H12ClFN2O2/c1-7-9(6-17)12(16(2)15-7)18-8-3-4-11(14)10(13)5-8/h3-5,17H,6H2,1-2H3. The van der Waals surface area contributed by atoms with E-state index in [0.717, 1.165) is 0 Å². The van der Waals surface area contributed by atoms with E-state index in [1.807, 2.05) is 0 Å². The van der Waals surface area contributed by atoms with Gasteiger partial charge in [-0.15, -0.1) is 0 Å². The molecule has 0 bridgehead atoms. The van der Waals surface area contributed by atoms with Crippen LogP contribution < -0.4 is 4.74 Å². The van der Waals surface area contributed by atoms with E-state index < -0.39 is 5.82 Å². The smallest absolute Gasteiger partial charge is 0.223 e. The Balaban J connectivity index is 2.36. The predicted molar refractivity (Wildman–Crippen MR) is 65.4 cm³/mol. The molecule has 1 heterocycles. The molecule has 0 amide bonds. The Morgan fingerprint density at radius 2 is 2.22 bits per heavy atom. The van der Waals surface area contributed by atoms with Gasteiger partial charge < -0.3 is 9.84 Å². The molecule has 1 aromatic carbocycles. The molecule has 96 valence electrons. The summed E-state index contributed by atoms with van der Waals surface area (Å²) in [5.74, 6) is 0.296. The van der Waals surface area contributed by atoms with Crippen molar-refractivity contribution in [1.82, 2.24) is 9.78 Å². The first-order valence-electron chi connectivity index (χ1n) is 5.29. The molecule has 0 unspecified atom stereocenters. The van der Waals surface area contributed by atoms with Crippen molar-refractivity contribution in [2.45, 2.75) is 13.5 Å². The third kappa shape index (κ3) is 2.32. The summed E-state index contributed by atoms with van der Waals surface area (Å²) in [6.07, 6.45) is 0. The number of halogens is 2. The molecule has 0 aliphatic rings. The number of aryl methyl sites for hydroxylation is 2. The predicted octanol–water partition coefficient (Wildman–Crippen LogP) is 2.81. The SMILES string of the molecule is Cc1nn(C)c(Oc2ccc(F)c(Cl)c2)c1CO. The molecule has 0 saturated carbocycles. The zero-order valence-electron chi connectivity index (χ0n) is 9.94. The topological polar surface area (TPSA) is 47.3 Å². The van der Waals surface area contributed by atoms with Gasteiger partial charge in [0, 0.05) is 13.1 Å². The van der Waals surface area contributed by atoms with Crippen LogP contribution in [-0.4, -0.2) is 14.9 Å². The molecule has 0 saturated heterocycles. The molecule has 1 aromatic heterocycles. The van der Waals surface area contributed by atoms with Crippen LogP contribution in [-0.2, 0) is 13.7 Å². The summed E-state index contributed by atoms with van der Waals surface area (Å²) in [7, 11) is 1.70. The molecule has 0 aliphatic heterocycles. The van der Waals surface area contributed by atoms with E-state index >= 15 is 0 Å². The molecule has 4 nitrogen and oxygen atoms in total. The van der Waals surface area contributed by atoms with Gasteiger partial charge >= 0.3 is 0 Å². The van der Waals surface area contributed by atoms with Crippen molar-refractivity contribution in [2.24, 2.45) is 7.05 Å². The zero-order valence-corrected chi connectivity index (χ0v) is 10.7. The molecule has 0 radical (unpaired) electrons. The molecule has 18 heavy (non-hydrogen) atoms. The van der Waals surface area contributed by atoms with Crippen LogP contribution in [0.3, 0.4) is 0 Å². The van der Waals surface area contributed by atoms with Crippen LogP contribution in [0.2, 0.25) is 5.02 Å². The van der Waals surface area contributed by atoms with Crippen LogP contribution in [0.15, 0.2) is 18.2 Å². The summed E-state index contributed by atoms with van der Waals surface area (Å²) in [5, 5.41) is 13.4. The highest BCUT2D eigenvalue weighted by Gasteiger charge is 2.15. The number of ether oxygens (including phenoxy) is 1. The highest BCUT2D eigenvalue weighted by molar-refractivity contribution is 6.30. The zero-order chi connectivity index (χ0) is 13.3. The van der Waals surface area contributed by atoms with Crippen molar-refractivity contribution in [1.29, 1.82) is 0 Å². The molecule has 2 rings (SSSR count). The number of hydrogen-bond donors (Lipinski definition) is 1. The van der Waals surface area contributed by atoms with Crippen LogP contribution in [0.5, 0.6) is 11.6 Å². The summed E-state index contributed by atoms with van der Waals surface area (Å²) >= 11 is 5.67. The minimum atomic E-state index is -0.507. The van der Waals surface area contributed by atoms with Crippen molar-refractivity contribution < 1.29 is 14.2 Å². The van der Waals surface area contributed by atoms with Gasteiger partial charge in [0.15, 0.2) is 0 Å². The molecule has 0 spiro atoms. The third-order valence-electron chi connectivity index (χ3n) is 2.55.